The Morgan fingerprint density at radius 3 is 3.08 bits per heavy atom. The molecule has 74 valence electrons. The molecule has 0 bridgehead atoms. The van der Waals surface area contributed by atoms with Crippen LogP contribution in [0.2, 0.25) is 0 Å². The van der Waals surface area contributed by atoms with Gasteiger partial charge in [-0.3, -0.25) is 9.80 Å². The lowest BCUT2D eigenvalue weighted by Crippen LogP contribution is -2.53. The van der Waals surface area contributed by atoms with Crippen LogP contribution in [-0.2, 0) is 4.79 Å². The molecule has 2 heterocycles. The second-order valence-electron chi connectivity index (χ2n) is 3.83. The summed E-state index contributed by atoms with van der Waals surface area (Å²) in [5.41, 5.74) is 0. The van der Waals surface area contributed by atoms with Crippen LogP contribution in [-0.4, -0.2) is 48.6 Å². The SMILES string of the molecule is CN1C(=O)CCCN1C1CCNC1. The molecule has 2 rings (SSSR count). The van der Waals surface area contributed by atoms with Gasteiger partial charge in [-0.05, 0) is 19.4 Å². The minimum absolute atomic E-state index is 0.262. The molecule has 1 amide bonds. The van der Waals surface area contributed by atoms with Gasteiger partial charge in [-0.2, -0.15) is 0 Å². The van der Waals surface area contributed by atoms with Crippen LogP contribution in [0, 0.1) is 0 Å². The molecule has 4 nitrogen and oxygen atoms in total. The molecular formula is C9H17N3O. The Hall–Kier alpha value is -0.610. The Morgan fingerprint density at radius 2 is 2.38 bits per heavy atom. The van der Waals surface area contributed by atoms with Crippen molar-refractivity contribution in [1.29, 1.82) is 0 Å². The number of hydrogen-bond acceptors (Lipinski definition) is 3. The molecule has 0 aliphatic carbocycles. The summed E-state index contributed by atoms with van der Waals surface area (Å²) in [5.74, 6) is 0.262. The molecular weight excluding hydrogens is 166 g/mol. The maximum atomic E-state index is 11.4. The van der Waals surface area contributed by atoms with Gasteiger partial charge in [0.15, 0.2) is 0 Å². The zero-order valence-corrected chi connectivity index (χ0v) is 8.12. The summed E-state index contributed by atoms with van der Waals surface area (Å²) in [6, 6.07) is 0.536. The molecule has 4 heteroatoms. The molecule has 0 aromatic heterocycles. The van der Waals surface area contributed by atoms with Crippen LogP contribution in [0.4, 0.5) is 0 Å². The first kappa shape index (κ1) is 8.97. The predicted octanol–water partition coefficient (Wildman–Crippen LogP) is -0.182. The smallest absolute Gasteiger partial charge is 0.236 e. The van der Waals surface area contributed by atoms with Gasteiger partial charge >= 0.3 is 0 Å². The summed E-state index contributed by atoms with van der Waals surface area (Å²) in [7, 11) is 1.89. The van der Waals surface area contributed by atoms with Crippen LogP contribution in [0.25, 0.3) is 0 Å². The fraction of sp³-hybridized carbons (Fsp3) is 0.889. The molecule has 0 aromatic rings. The Labute approximate surface area is 78.8 Å². The normalized spacial score (nSPS) is 31.3. The number of hydrogen-bond donors (Lipinski definition) is 1. The third kappa shape index (κ3) is 1.69. The summed E-state index contributed by atoms with van der Waals surface area (Å²) in [5, 5.41) is 7.35. The van der Waals surface area contributed by atoms with Gasteiger partial charge in [0.25, 0.3) is 0 Å². The number of carbonyl (C=O) groups excluding carboxylic acids is 1. The average molecular weight is 183 g/mol. The largest absolute Gasteiger partial charge is 0.315 e. The molecule has 1 N–H and O–H groups in total. The highest BCUT2D eigenvalue weighted by atomic mass is 16.2. The molecule has 13 heavy (non-hydrogen) atoms. The van der Waals surface area contributed by atoms with Crippen molar-refractivity contribution in [2.75, 3.05) is 26.7 Å². The van der Waals surface area contributed by atoms with Crippen molar-refractivity contribution in [2.24, 2.45) is 0 Å². The minimum Gasteiger partial charge on any atom is -0.315 e. The minimum atomic E-state index is 0.262. The van der Waals surface area contributed by atoms with Crippen LogP contribution < -0.4 is 5.32 Å². The van der Waals surface area contributed by atoms with E-state index in [9.17, 15) is 4.79 Å². The van der Waals surface area contributed by atoms with Gasteiger partial charge in [0.1, 0.15) is 0 Å². The maximum absolute atomic E-state index is 11.4. The second-order valence-corrected chi connectivity index (χ2v) is 3.83. The van der Waals surface area contributed by atoms with E-state index < -0.39 is 0 Å². The molecule has 2 aliphatic rings. The molecule has 0 aromatic carbocycles. The quantitative estimate of drug-likeness (QED) is 0.612. The van der Waals surface area contributed by atoms with Crippen molar-refractivity contribution in [1.82, 2.24) is 15.3 Å². The van der Waals surface area contributed by atoms with Gasteiger partial charge in [-0.1, -0.05) is 0 Å². The molecule has 1 unspecified atom stereocenters. The van der Waals surface area contributed by atoms with Gasteiger partial charge in [-0.25, -0.2) is 5.01 Å². The molecule has 0 radical (unpaired) electrons. The van der Waals surface area contributed by atoms with Gasteiger partial charge in [0.2, 0.25) is 5.91 Å². The number of carbonyl (C=O) groups is 1. The highest BCUT2D eigenvalue weighted by molar-refractivity contribution is 5.75. The molecule has 2 fully saturated rings. The lowest BCUT2D eigenvalue weighted by molar-refractivity contribution is -0.155. The molecule has 0 saturated carbocycles. The van der Waals surface area contributed by atoms with Crippen molar-refractivity contribution in [3.63, 3.8) is 0 Å². The van der Waals surface area contributed by atoms with Crippen molar-refractivity contribution < 1.29 is 4.79 Å². The Morgan fingerprint density at radius 1 is 1.54 bits per heavy atom. The first-order valence-corrected chi connectivity index (χ1v) is 5.03. The first-order chi connectivity index (χ1) is 6.29. The standard InChI is InChI=1S/C9H17N3O/c1-11-9(13)3-2-6-12(11)8-4-5-10-7-8/h8,10H,2-7H2,1H3. The van der Waals surface area contributed by atoms with E-state index in [1.165, 1.54) is 0 Å². The second kappa shape index (κ2) is 3.64. The number of rotatable bonds is 1. The van der Waals surface area contributed by atoms with Crippen LogP contribution in [0.3, 0.4) is 0 Å². The van der Waals surface area contributed by atoms with Gasteiger partial charge in [0, 0.05) is 32.6 Å². The number of amides is 1. The van der Waals surface area contributed by atoms with E-state index in [-0.39, 0.29) is 5.91 Å². The highest BCUT2D eigenvalue weighted by Gasteiger charge is 2.30. The summed E-state index contributed by atoms with van der Waals surface area (Å²) in [6.07, 6.45) is 2.89. The summed E-state index contributed by atoms with van der Waals surface area (Å²) in [6.45, 7) is 3.15. The highest BCUT2D eigenvalue weighted by Crippen LogP contribution is 2.17. The van der Waals surface area contributed by atoms with Crippen molar-refractivity contribution in [3.05, 3.63) is 0 Å². The van der Waals surface area contributed by atoms with E-state index in [0.717, 1.165) is 32.5 Å². The fourth-order valence-corrected chi connectivity index (χ4v) is 2.17. The third-order valence-corrected chi connectivity index (χ3v) is 2.98. The van der Waals surface area contributed by atoms with Crippen LogP contribution in [0.1, 0.15) is 19.3 Å². The molecule has 0 spiro atoms. The van der Waals surface area contributed by atoms with Crippen LogP contribution in [0.5, 0.6) is 0 Å². The van der Waals surface area contributed by atoms with E-state index >= 15 is 0 Å². The van der Waals surface area contributed by atoms with Crippen LogP contribution >= 0.6 is 0 Å². The molecule has 1 atom stereocenters. The third-order valence-electron chi connectivity index (χ3n) is 2.98. The molecule has 2 saturated heterocycles. The predicted molar refractivity (Wildman–Crippen MR) is 50.0 cm³/mol. The Bertz CT molecular complexity index is 201. The van der Waals surface area contributed by atoms with Crippen molar-refractivity contribution in [3.8, 4) is 0 Å². The van der Waals surface area contributed by atoms with E-state index in [1.807, 2.05) is 7.05 Å². The first-order valence-electron chi connectivity index (χ1n) is 5.03. The van der Waals surface area contributed by atoms with E-state index in [1.54, 1.807) is 5.01 Å². The zero-order valence-electron chi connectivity index (χ0n) is 8.12. The Balaban J connectivity index is 1.99. The monoisotopic (exact) mass is 183 g/mol. The lowest BCUT2D eigenvalue weighted by atomic mass is 10.2. The topological polar surface area (TPSA) is 35.6 Å². The Kier molecular flexibility index (Phi) is 2.51. The fourth-order valence-electron chi connectivity index (χ4n) is 2.17. The number of nitrogens with one attached hydrogen (secondary N) is 1. The van der Waals surface area contributed by atoms with Crippen LogP contribution in [0.15, 0.2) is 0 Å². The molecule has 2 aliphatic heterocycles. The summed E-state index contributed by atoms with van der Waals surface area (Å²) >= 11 is 0. The van der Waals surface area contributed by atoms with E-state index in [4.69, 9.17) is 0 Å². The van der Waals surface area contributed by atoms with Gasteiger partial charge in [0.05, 0.1) is 0 Å². The maximum Gasteiger partial charge on any atom is 0.236 e. The van der Waals surface area contributed by atoms with E-state index in [0.29, 0.717) is 12.5 Å². The lowest BCUT2D eigenvalue weighted by Gasteiger charge is -2.39. The summed E-state index contributed by atoms with van der Waals surface area (Å²) in [4.78, 5) is 11.4. The van der Waals surface area contributed by atoms with Crippen molar-refractivity contribution >= 4 is 5.91 Å². The average Bonchev–Trinajstić information content (AvgIpc) is 2.62. The van der Waals surface area contributed by atoms with Gasteiger partial charge < -0.3 is 5.32 Å². The number of hydrazine groups is 1. The number of nitrogens with zero attached hydrogens (tertiary/aromatic N) is 2. The van der Waals surface area contributed by atoms with E-state index in [2.05, 4.69) is 10.3 Å². The van der Waals surface area contributed by atoms with Gasteiger partial charge in [-0.15, -0.1) is 0 Å². The van der Waals surface area contributed by atoms with Crippen molar-refractivity contribution in [2.45, 2.75) is 25.3 Å². The summed E-state index contributed by atoms with van der Waals surface area (Å²) < 4.78 is 0. The zero-order chi connectivity index (χ0) is 9.26.